The number of thiol groups is 1. The van der Waals surface area contributed by atoms with Crippen LogP contribution in [0.1, 0.15) is 96.8 Å². The summed E-state index contributed by atoms with van der Waals surface area (Å²) in [6.45, 7) is 2.23. The maximum Gasteiger partial charge on any atom is 0.0339 e. The van der Waals surface area contributed by atoms with Gasteiger partial charge in [-0.2, -0.15) is 12.6 Å². The van der Waals surface area contributed by atoms with E-state index in [2.05, 4.69) is 31.7 Å². The average molecular weight is 326 g/mol. The Morgan fingerprint density at radius 3 is 2.36 bits per heavy atom. The first-order chi connectivity index (χ1) is 10.7. The van der Waals surface area contributed by atoms with Crippen molar-refractivity contribution in [1.29, 1.82) is 0 Å². The molecule has 0 heterocycles. The lowest BCUT2D eigenvalue weighted by molar-refractivity contribution is 0.320. The minimum atomic E-state index is -0.0648. The van der Waals surface area contributed by atoms with Gasteiger partial charge in [-0.1, -0.05) is 83.3 Å². The highest BCUT2D eigenvalue weighted by Crippen LogP contribution is 2.29. The zero-order valence-corrected chi connectivity index (χ0v) is 15.8. The number of unbranched alkanes of at least 4 members (excludes halogenated alkanes) is 3. The van der Waals surface area contributed by atoms with Gasteiger partial charge < -0.3 is 5.73 Å². The van der Waals surface area contributed by atoms with Crippen molar-refractivity contribution in [3.63, 3.8) is 0 Å². The van der Waals surface area contributed by atoms with Crippen LogP contribution in [0.15, 0.2) is 12.2 Å². The maximum absolute atomic E-state index is 6.69. The van der Waals surface area contributed by atoms with Gasteiger partial charge in [0.25, 0.3) is 0 Å². The van der Waals surface area contributed by atoms with Crippen molar-refractivity contribution in [2.45, 2.75) is 102 Å². The van der Waals surface area contributed by atoms with Crippen molar-refractivity contribution in [2.75, 3.05) is 5.75 Å². The summed E-state index contributed by atoms with van der Waals surface area (Å²) in [4.78, 5) is 0. The molecule has 1 nitrogen and oxygen atoms in total. The molecule has 1 saturated carbocycles. The van der Waals surface area contributed by atoms with Crippen molar-refractivity contribution in [2.24, 2.45) is 11.7 Å². The molecule has 0 aromatic rings. The van der Waals surface area contributed by atoms with Crippen LogP contribution in [0.25, 0.3) is 0 Å². The fraction of sp³-hybridized carbons (Fsp3) is 0.900. The van der Waals surface area contributed by atoms with Gasteiger partial charge in [0.2, 0.25) is 0 Å². The molecule has 0 aliphatic heterocycles. The molecule has 2 N–H and O–H groups in total. The molecule has 130 valence electrons. The van der Waals surface area contributed by atoms with E-state index in [0.717, 1.165) is 30.9 Å². The molecular weight excluding hydrogens is 286 g/mol. The van der Waals surface area contributed by atoms with Crippen molar-refractivity contribution < 1.29 is 0 Å². The third-order valence-electron chi connectivity index (χ3n) is 5.18. The molecule has 0 saturated heterocycles. The molecule has 0 amide bonds. The van der Waals surface area contributed by atoms with Crippen LogP contribution in [0, 0.1) is 5.92 Å². The summed E-state index contributed by atoms with van der Waals surface area (Å²) < 4.78 is 0. The van der Waals surface area contributed by atoms with E-state index in [1.807, 2.05) is 0 Å². The lowest BCUT2D eigenvalue weighted by Gasteiger charge is -2.27. The molecule has 0 radical (unpaired) electrons. The van der Waals surface area contributed by atoms with Gasteiger partial charge >= 0.3 is 0 Å². The molecule has 1 fully saturated rings. The van der Waals surface area contributed by atoms with Gasteiger partial charge in [0.05, 0.1) is 0 Å². The van der Waals surface area contributed by atoms with Crippen molar-refractivity contribution in [3.8, 4) is 0 Å². The van der Waals surface area contributed by atoms with Crippen LogP contribution in [0.4, 0.5) is 0 Å². The van der Waals surface area contributed by atoms with Crippen LogP contribution in [0.2, 0.25) is 0 Å². The summed E-state index contributed by atoms with van der Waals surface area (Å²) in [5, 5.41) is 0. The van der Waals surface area contributed by atoms with Gasteiger partial charge in [-0.25, -0.2) is 0 Å². The first-order valence-electron chi connectivity index (χ1n) is 9.77. The Balaban J connectivity index is 2.28. The second kappa shape index (κ2) is 12.5. The van der Waals surface area contributed by atoms with Gasteiger partial charge in [-0.3, -0.25) is 0 Å². The quantitative estimate of drug-likeness (QED) is 0.246. The van der Waals surface area contributed by atoms with E-state index in [9.17, 15) is 0 Å². The van der Waals surface area contributed by atoms with Crippen LogP contribution in [0.3, 0.4) is 0 Å². The smallest absolute Gasteiger partial charge is 0.0339 e. The number of rotatable bonds is 12. The van der Waals surface area contributed by atoms with E-state index >= 15 is 0 Å². The van der Waals surface area contributed by atoms with Gasteiger partial charge in [-0.15, -0.1) is 0 Å². The monoisotopic (exact) mass is 325 g/mol. The summed E-state index contributed by atoms with van der Waals surface area (Å²) in [6, 6.07) is 0. The Labute approximate surface area is 144 Å². The van der Waals surface area contributed by atoms with Crippen molar-refractivity contribution in [3.05, 3.63) is 12.2 Å². The van der Waals surface area contributed by atoms with Crippen LogP contribution < -0.4 is 5.73 Å². The summed E-state index contributed by atoms with van der Waals surface area (Å²) >= 11 is 4.32. The Hall–Kier alpha value is 0.0500. The Morgan fingerprint density at radius 1 is 1.05 bits per heavy atom. The summed E-state index contributed by atoms with van der Waals surface area (Å²) in [5.41, 5.74) is 6.62. The van der Waals surface area contributed by atoms with E-state index in [-0.39, 0.29) is 5.54 Å². The lowest BCUT2D eigenvalue weighted by Crippen LogP contribution is -2.37. The molecule has 1 rings (SSSR count). The second-order valence-corrected chi connectivity index (χ2v) is 7.80. The first kappa shape index (κ1) is 20.1. The topological polar surface area (TPSA) is 26.0 Å². The number of allylic oxidation sites excluding steroid dienone is 1. The van der Waals surface area contributed by atoms with Crippen molar-refractivity contribution >= 4 is 12.6 Å². The molecule has 0 bridgehead atoms. The summed E-state index contributed by atoms with van der Waals surface area (Å²) in [5.74, 6) is 2.00. The second-order valence-electron chi connectivity index (χ2n) is 7.35. The Kier molecular flexibility index (Phi) is 11.4. The summed E-state index contributed by atoms with van der Waals surface area (Å²) in [7, 11) is 0. The Morgan fingerprint density at radius 2 is 1.73 bits per heavy atom. The normalized spacial score (nSPS) is 19.6. The zero-order valence-electron chi connectivity index (χ0n) is 14.9. The largest absolute Gasteiger partial charge is 0.322 e. The van der Waals surface area contributed by atoms with E-state index in [0.29, 0.717) is 0 Å². The van der Waals surface area contributed by atoms with E-state index in [1.165, 1.54) is 70.6 Å². The predicted octanol–water partition coefficient (Wildman–Crippen LogP) is 6.28. The third kappa shape index (κ3) is 9.25. The number of hydrogen-bond donors (Lipinski definition) is 2. The molecule has 1 atom stereocenters. The van der Waals surface area contributed by atoms with Crippen molar-refractivity contribution in [1.82, 2.24) is 0 Å². The standard InChI is InChI=1S/C20H39NS/c1-2-3-8-15-20(21,17-10-11-18-22)16-9-7-14-19-12-5-4-6-13-19/h8,15,19,22H,2-7,9-14,16-18,21H2,1H3/b15-8+. The van der Waals surface area contributed by atoms with Crippen LogP contribution in [0.5, 0.6) is 0 Å². The van der Waals surface area contributed by atoms with Gasteiger partial charge in [0, 0.05) is 5.54 Å². The number of hydrogen-bond acceptors (Lipinski definition) is 2. The fourth-order valence-corrected chi connectivity index (χ4v) is 3.93. The fourth-order valence-electron chi connectivity index (χ4n) is 3.71. The molecule has 22 heavy (non-hydrogen) atoms. The molecular formula is C20H39NS. The Bertz CT molecular complexity index is 283. The predicted molar refractivity (Wildman–Crippen MR) is 104 cm³/mol. The van der Waals surface area contributed by atoms with Crippen LogP contribution in [-0.2, 0) is 0 Å². The minimum absolute atomic E-state index is 0.0648. The van der Waals surface area contributed by atoms with E-state index < -0.39 is 0 Å². The molecule has 1 aliphatic rings. The maximum atomic E-state index is 6.69. The SMILES string of the molecule is CCC/C=C/C(N)(CCCCS)CCCCC1CCCCC1. The molecule has 0 aromatic heterocycles. The minimum Gasteiger partial charge on any atom is -0.322 e. The van der Waals surface area contributed by atoms with Gasteiger partial charge in [0.1, 0.15) is 0 Å². The lowest BCUT2D eigenvalue weighted by atomic mass is 9.83. The van der Waals surface area contributed by atoms with Crippen LogP contribution in [-0.4, -0.2) is 11.3 Å². The van der Waals surface area contributed by atoms with Gasteiger partial charge in [0.15, 0.2) is 0 Å². The molecule has 2 heteroatoms. The third-order valence-corrected chi connectivity index (χ3v) is 5.50. The summed E-state index contributed by atoms with van der Waals surface area (Å²) in [6.07, 6.45) is 23.1. The molecule has 1 aliphatic carbocycles. The molecule has 1 unspecified atom stereocenters. The average Bonchev–Trinajstić information content (AvgIpc) is 2.53. The highest BCUT2D eigenvalue weighted by Gasteiger charge is 2.21. The first-order valence-corrected chi connectivity index (χ1v) is 10.4. The number of nitrogens with two attached hydrogens (primary N) is 1. The van der Waals surface area contributed by atoms with E-state index in [1.54, 1.807) is 0 Å². The van der Waals surface area contributed by atoms with E-state index in [4.69, 9.17) is 5.73 Å². The highest BCUT2D eigenvalue weighted by atomic mass is 32.1. The molecule has 0 aromatic carbocycles. The highest BCUT2D eigenvalue weighted by molar-refractivity contribution is 7.80. The zero-order chi connectivity index (χ0) is 16.1. The molecule has 0 spiro atoms. The van der Waals surface area contributed by atoms with Crippen LogP contribution >= 0.6 is 12.6 Å². The van der Waals surface area contributed by atoms with Gasteiger partial charge in [-0.05, 0) is 37.4 Å².